The molecule has 0 aromatic heterocycles. The number of sulfonamides is 1. The van der Waals surface area contributed by atoms with Crippen molar-refractivity contribution in [2.45, 2.75) is 11.8 Å². The third-order valence-corrected chi connectivity index (χ3v) is 5.50. The molecule has 1 aromatic rings. The zero-order chi connectivity index (χ0) is 16.2. The number of rotatable bonds is 4. The number of nitrogens with zero attached hydrogens (tertiary/aromatic N) is 1. The molecule has 0 spiro atoms. The first-order valence-electron chi connectivity index (χ1n) is 7.28. The molecule has 0 unspecified atom stereocenters. The van der Waals surface area contributed by atoms with Gasteiger partial charge in [0.2, 0.25) is 10.0 Å². The normalized spacial score (nSPS) is 17.2. The van der Waals surface area contributed by atoms with E-state index >= 15 is 0 Å². The minimum Gasteiger partial charge on any atom is -0.450 e. The van der Waals surface area contributed by atoms with E-state index in [1.807, 2.05) is 0 Å². The van der Waals surface area contributed by atoms with Crippen molar-refractivity contribution in [3.63, 3.8) is 0 Å². The van der Waals surface area contributed by atoms with Crippen LogP contribution in [0.4, 0.5) is 10.5 Å². The zero-order valence-electron chi connectivity index (χ0n) is 12.8. The summed E-state index contributed by atoms with van der Waals surface area (Å²) in [5.74, 6) is 0. The van der Waals surface area contributed by atoms with E-state index in [1.165, 1.54) is 21.3 Å². The molecule has 22 heavy (non-hydrogen) atoms. The maximum Gasteiger partial charge on any atom is 0.411 e. The van der Waals surface area contributed by atoms with Crippen LogP contribution in [0, 0.1) is 0 Å². The van der Waals surface area contributed by atoms with Crippen LogP contribution in [0.3, 0.4) is 0 Å². The Balaban J connectivity index is 2.07. The monoisotopic (exact) mass is 328 g/mol. The molecule has 0 bridgehead atoms. The molecule has 1 aromatic carbocycles. The summed E-state index contributed by atoms with van der Waals surface area (Å²) in [5.41, 5.74) is 0.500. The van der Waals surface area contributed by atoms with Crippen molar-refractivity contribution in [1.29, 1.82) is 0 Å². The molecule has 0 aliphatic carbocycles. The number of benzene rings is 1. The van der Waals surface area contributed by atoms with Crippen molar-refractivity contribution in [2.75, 3.05) is 45.2 Å². The van der Waals surface area contributed by atoms with E-state index in [0.29, 0.717) is 18.8 Å². The Morgan fingerprint density at radius 3 is 2.41 bits per heavy atom. The van der Waals surface area contributed by atoms with Gasteiger partial charge in [0.1, 0.15) is 0 Å². The van der Waals surface area contributed by atoms with Crippen molar-refractivity contribution in [3.05, 3.63) is 24.3 Å². The van der Waals surface area contributed by atoms with Gasteiger partial charge in [-0.2, -0.15) is 4.31 Å². The third-order valence-electron chi connectivity index (χ3n) is 3.59. The van der Waals surface area contributed by atoms with Crippen molar-refractivity contribution < 1.29 is 22.8 Å². The summed E-state index contributed by atoms with van der Waals surface area (Å²) < 4.78 is 31.3. The van der Waals surface area contributed by atoms with Crippen molar-refractivity contribution in [2.24, 2.45) is 0 Å². The first-order valence-corrected chi connectivity index (χ1v) is 8.73. The lowest BCUT2D eigenvalue weighted by Gasteiger charge is -2.29. The first-order chi connectivity index (χ1) is 10.4. The summed E-state index contributed by atoms with van der Waals surface area (Å²) in [6.07, 6.45) is -0.555. The molecule has 1 fully saturated rings. The van der Waals surface area contributed by atoms with Crippen molar-refractivity contribution in [3.8, 4) is 0 Å². The van der Waals surface area contributed by atoms with Crippen LogP contribution in [0.15, 0.2) is 29.2 Å². The largest absolute Gasteiger partial charge is 0.450 e. The van der Waals surface area contributed by atoms with Gasteiger partial charge in [0.25, 0.3) is 0 Å². The van der Waals surface area contributed by atoms with Crippen LogP contribution in [-0.4, -0.2) is 58.6 Å². The highest BCUT2D eigenvalue weighted by atomic mass is 32.2. The molecule has 1 heterocycles. The summed E-state index contributed by atoms with van der Waals surface area (Å²) in [6, 6.07) is 6.13. The number of amides is 1. The fourth-order valence-corrected chi connectivity index (χ4v) is 3.69. The van der Waals surface area contributed by atoms with Gasteiger partial charge in [-0.15, -0.1) is 0 Å². The lowest BCUT2D eigenvalue weighted by Crippen LogP contribution is -3.12. The van der Waals surface area contributed by atoms with Crippen LogP contribution in [0.25, 0.3) is 0 Å². The lowest BCUT2D eigenvalue weighted by molar-refractivity contribution is -0.883. The summed E-state index contributed by atoms with van der Waals surface area (Å²) in [4.78, 5) is 12.9. The van der Waals surface area contributed by atoms with Crippen molar-refractivity contribution in [1.82, 2.24) is 4.31 Å². The second-order valence-electron chi connectivity index (χ2n) is 5.23. The minimum absolute atomic E-state index is 0.237. The molecule has 122 valence electrons. The van der Waals surface area contributed by atoms with Crippen LogP contribution in [0.1, 0.15) is 6.92 Å². The molecule has 1 aliphatic rings. The topological polar surface area (TPSA) is 80.1 Å². The number of carbonyl (C=O) groups excluding carboxylic acids is 1. The molecular weight excluding hydrogens is 306 g/mol. The van der Waals surface area contributed by atoms with Gasteiger partial charge in [-0.25, -0.2) is 13.2 Å². The van der Waals surface area contributed by atoms with Gasteiger partial charge in [0, 0.05) is 5.69 Å². The molecule has 7 nitrogen and oxygen atoms in total. The van der Waals surface area contributed by atoms with E-state index < -0.39 is 16.1 Å². The van der Waals surface area contributed by atoms with Gasteiger partial charge >= 0.3 is 6.09 Å². The van der Waals surface area contributed by atoms with Crippen LogP contribution >= 0.6 is 0 Å². The maximum atomic E-state index is 12.5. The number of anilines is 1. The smallest absolute Gasteiger partial charge is 0.411 e. The molecule has 1 aliphatic heterocycles. The summed E-state index contributed by atoms with van der Waals surface area (Å²) in [5, 5.41) is 2.53. The van der Waals surface area contributed by atoms with E-state index in [-0.39, 0.29) is 11.5 Å². The van der Waals surface area contributed by atoms with Gasteiger partial charge < -0.3 is 9.64 Å². The Morgan fingerprint density at radius 1 is 1.27 bits per heavy atom. The number of hydrogen-bond donors (Lipinski definition) is 2. The molecular formula is C14H22N3O4S+. The van der Waals surface area contributed by atoms with E-state index in [9.17, 15) is 13.2 Å². The van der Waals surface area contributed by atoms with E-state index in [1.54, 1.807) is 19.1 Å². The van der Waals surface area contributed by atoms with Gasteiger partial charge in [-0.1, -0.05) is 0 Å². The second kappa shape index (κ2) is 7.08. The molecule has 2 rings (SSSR count). The molecule has 0 radical (unpaired) electrons. The fourth-order valence-electron chi connectivity index (χ4n) is 2.25. The van der Waals surface area contributed by atoms with E-state index in [2.05, 4.69) is 12.4 Å². The lowest BCUT2D eigenvalue weighted by atomic mass is 10.3. The Morgan fingerprint density at radius 2 is 1.86 bits per heavy atom. The van der Waals surface area contributed by atoms with Crippen molar-refractivity contribution >= 4 is 21.8 Å². The van der Waals surface area contributed by atoms with Gasteiger partial charge in [-0.05, 0) is 31.2 Å². The Hall–Kier alpha value is -1.64. The number of nitrogens with one attached hydrogen (secondary N) is 2. The summed E-state index contributed by atoms with van der Waals surface area (Å²) >= 11 is 0. The summed E-state index contributed by atoms with van der Waals surface area (Å²) in [7, 11) is -1.41. The minimum atomic E-state index is -3.46. The quantitative estimate of drug-likeness (QED) is 0.800. The van der Waals surface area contributed by atoms with Crippen LogP contribution in [-0.2, 0) is 14.8 Å². The van der Waals surface area contributed by atoms with E-state index in [0.717, 1.165) is 13.1 Å². The number of quaternary nitrogens is 1. The number of likely N-dealkylation sites (N-methyl/N-ethyl adjacent to an activating group) is 1. The number of hydrogen-bond acceptors (Lipinski definition) is 4. The Labute approximate surface area is 130 Å². The molecule has 0 atom stereocenters. The number of carbonyl (C=O) groups is 1. The molecule has 1 saturated heterocycles. The molecule has 0 saturated carbocycles. The predicted molar refractivity (Wildman–Crippen MR) is 82.5 cm³/mol. The second-order valence-corrected chi connectivity index (χ2v) is 7.17. The van der Waals surface area contributed by atoms with Crippen LogP contribution < -0.4 is 10.2 Å². The van der Waals surface area contributed by atoms with Gasteiger partial charge in [0.15, 0.2) is 0 Å². The van der Waals surface area contributed by atoms with Crippen LogP contribution in [0.5, 0.6) is 0 Å². The molecule has 2 N–H and O–H groups in total. The predicted octanol–water partition coefficient (Wildman–Crippen LogP) is -0.226. The summed E-state index contributed by atoms with van der Waals surface area (Å²) in [6.45, 7) is 4.66. The fraction of sp³-hybridized carbons (Fsp3) is 0.500. The standard InChI is InChI=1S/C14H21N3O4S/c1-3-21-14(18)15-12-4-6-13(7-5-12)22(19,20)17-10-8-16(2)9-11-17/h4-7H,3,8-11H2,1-2H3,(H,15,18)/p+1. The maximum absolute atomic E-state index is 12.5. The Kier molecular flexibility index (Phi) is 5.38. The van der Waals surface area contributed by atoms with E-state index in [4.69, 9.17) is 4.74 Å². The average Bonchev–Trinajstić information content (AvgIpc) is 2.48. The first kappa shape index (κ1) is 16.7. The molecule has 1 amide bonds. The number of ether oxygens (including phenoxy) is 1. The zero-order valence-corrected chi connectivity index (χ0v) is 13.6. The van der Waals surface area contributed by atoms with Gasteiger partial charge in [-0.3, -0.25) is 5.32 Å². The highest BCUT2D eigenvalue weighted by Crippen LogP contribution is 2.18. The SMILES string of the molecule is CCOC(=O)Nc1ccc(S(=O)(=O)N2CC[NH+](C)CC2)cc1. The third kappa shape index (κ3) is 3.96. The average molecular weight is 328 g/mol. The Bertz CT molecular complexity index is 607. The molecule has 8 heteroatoms. The highest BCUT2D eigenvalue weighted by molar-refractivity contribution is 7.89. The van der Waals surface area contributed by atoms with Gasteiger partial charge in [0.05, 0.1) is 44.7 Å². The highest BCUT2D eigenvalue weighted by Gasteiger charge is 2.28. The van der Waals surface area contributed by atoms with Crippen LogP contribution in [0.2, 0.25) is 0 Å². The number of piperazine rings is 1.